The van der Waals surface area contributed by atoms with E-state index in [9.17, 15) is 0 Å². The lowest BCUT2D eigenvalue weighted by Crippen LogP contribution is -1.99. The fraction of sp³-hybridized carbons (Fsp3) is 0.312. The summed E-state index contributed by atoms with van der Waals surface area (Å²) in [5.74, 6) is 2.18. The number of methoxy groups -OCH3 is 1. The first-order chi connectivity index (χ1) is 8.97. The third kappa shape index (κ3) is 4.28. The minimum absolute atomic E-state index is 0.449. The van der Waals surface area contributed by atoms with Crippen LogP contribution in [-0.2, 0) is 0 Å². The first kappa shape index (κ1) is 15.0. The maximum absolute atomic E-state index is 7.52. The third-order valence-corrected chi connectivity index (χ3v) is 2.61. The van der Waals surface area contributed by atoms with E-state index in [1.165, 1.54) is 0 Å². The van der Waals surface area contributed by atoms with E-state index in [2.05, 4.69) is 0 Å². The summed E-state index contributed by atoms with van der Waals surface area (Å²) in [6.45, 7) is 7.63. The van der Waals surface area contributed by atoms with Crippen LogP contribution in [-0.4, -0.2) is 12.8 Å². The molecule has 0 saturated carbocycles. The molecule has 3 heteroatoms. The maximum atomic E-state index is 7.52. The van der Waals surface area contributed by atoms with Gasteiger partial charge in [0.05, 0.1) is 7.11 Å². The molecule has 102 valence electrons. The van der Waals surface area contributed by atoms with Crippen molar-refractivity contribution in [3.63, 3.8) is 0 Å². The van der Waals surface area contributed by atoms with Crippen LogP contribution >= 0.6 is 0 Å². The van der Waals surface area contributed by atoms with E-state index in [0.29, 0.717) is 11.5 Å². The molecule has 0 aliphatic rings. The van der Waals surface area contributed by atoms with Crippen LogP contribution < -0.4 is 9.47 Å². The zero-order chi connectivity index (χ0) is 14.4. The van der Waals surface area contributed by atoms with E-state index >= 15 is 0 Å². The first-order valence-corrected chi connectivity index (χ1v) is 6.20. The highest BCUT2D eigenvalue weighted by molar-refractivity contribution is 5.90. The Hall–Kier alpha value is -2.03. The van der Waals surface area contributed by atoms with E-state index in [1.807, 2.05) is 45.1 Å². The van der Waals surface area contributed by atoms with Gasteiger partial charge >= 0.3 is 0 Å². The Bertz CT molecular complexity index is 528. The maximum Gasteiger partial charge on any atom is 0.134 e. The number of nitrogens with one attached hydrogen (secondary N) is 1. The van der Waals surface area contributed by atoms with Crippen molar-refractivity contribution < 1.29 is 9.47 Å². The molecule has 1 aromatic rings. The van der Waals surface area contributed by atoms with Crippen LogP contribution in [0.1, 0.15) is 25.0 Å². The predicted molar refractivity (Wildman–Crippen MR) is 79.4 cm³/mol. The Morgan fingerprint density at radius 1 is 1.16 bits per heavy atom. The van der Waals surface area contributed by atoms with Gasteiger partial charge in [-0.15, -0.1) is 0 Å². The lowest BCUT2D eigenvalue weighted by atomic mass is 10.1. The summed E-state index contributed by atoms with van der Waals surface area (Å²) >= 11 is 0. The molecule has 0 atom stereocenters. The number of allylic oxidation sites excluding steroid dienone is 3. The molecule has 1 N–H and O–H groups in total. The largest absolute Gasteiger partial charge is 0.496 e. The van der Waals surface area contributed by atoms with Crippen LogP contribution in [0.25, 0.3) is 0 Å². The van der Waals surface area contributed by atoms with Gasteiger partial charge in [0.1, 0.15) is 17.3 Å². The monoisotopic (exact) mass is 259 g/mol. The van der Waals surface area contributed by atoms with E-state index in [-0.39, 0.29) is 0 Å². The van der Waals surface area contributed by atoms with Crippen molar-refractivity contribution in [1.82, 2.24) is 0 Å². The second kappa shape index (κ2) is 6.78. The van der Waals surface area contributed by atoms with Crippen molar-refractivity contribution in [1.29, 1.82) is 5.41 Å². The van der Waals surface area contributed by atoms with Gasteiger partial charge in [-0.2, -0.15) is 0 Å². The molecule has 0 saturated heterocycles. The van der Waals surface area contributed by atoms with Crippen molar-refractivity contribution in [3.8, 4) is 11.5 Å². The summed E-state index contributed by atoms with van der Waals surface area (Å²) in [6.07, 6.45) is 5.41. The molecule has 0 heterocycles. The molecule has 19 heavy (non-hydrogen) atoms. The molecule has 0 aliphatic heterocycles. The standard InChI is InChI=1S/C16H21NO2/c1-6-7-14(9-13(4)17)19-16-10-15(18-5)11(2)8-12(16)3/h6-10,17H,1-5H3/b7-6-,14-9+,17-13?. The van der Waals surface area contributed by atoms with E-state index < -0.39 is 0 Å². The Morgan fingerprint density at radius 2 is 1.79 bits per heavy atom. The molecule has 0 spiro atoms. The lowest BCUT2D eigenvalue weighted by molar-refractivity contribution is 0.400. The Labute approximate surface area is 115 Å². The summed E-state index contributed by atoms with van der Waals surface area (Å²) in [5.41, 5.74) is 2.56. The van der Waals surface area contributed by atoms with E-state index in [0.717, 1.165) is 22.6 Å². The quantitative estimate of drug-likeness (QED) is 0.489. The van der Waals surface area contributed by atoms with Crippen LogP contribution in [0.4, 0.5) is 0 Å². The third-order valence-electron chi connectivity index (χ3n) is 2.61. The van der Waals surface area contributed by atoms with Gasteiger partial charge < -0.3 is 14.9 Å². The van der Waals surface area contributed by atoms with Gasteiger partial charge in [-0.25, -0.2) is 0 Å². The molecular formula is C16H21NO2. The number of rotatable bonds is 5. The van der Waals surface area contributed by atoms with E-state index in [1.54, 1.807) is 20.1 Å². The zero-order valence-electron chi connectivity index (χ0n) is 12.2. The minimum atomic E-state index is 0.449. The zero-order valence-corrected chi connectivity index (χ0v) is 12.2. The number of benzene rings is 1. The number of ether oxygens (including phenoxy) is 2. The molecule has 0 unspecified atom stereocenters. The molecule has 0 fully saturated rings. The van der Waals surface area contributed by atoms with Crippen molar-refractivity contribution in [2.75, 3.05) is 7.11 Å². The van der Waals surface area contributed by atoms with Crippen LogP contribution in [0.15, 0.2) is 36.1 Å². The van der Waals surface area contributed by atoms with Gasteiger partial charge in [0.2, 0.25) is 0 Å². The average molecular weight is 259 g/mol. The van der Waals surface area contributed by atoms with E-state index in [4.69, 9.17) is 14.9 Å². The number of hydrogen-bond acceptors (Lipinski definition) is 3. The van der Waals surface area contributed by atoms with Crippen molar-refractivity contribution >= 4 is 5.71 Å². The number of aryl methyl sites for hydroxylation is 2. The molecule has 3 nitrogen and oxygen atoms in total. The summed E-state index contributed by atoms with van der Waals surface area (Å²) in [6, 6.07) is 3.90. The van der Waals surface area contributed by atoms with Crippen molar-refractivity contribution in [2.24, 2.45) is 0 Å². The Balaban J connectivity index is 3.12. The van der Waals surface area contributed by atoms with Gasteiger partial charge in [-0.05, 0) is 51.0 Å². The normalized spacial score (nSPS) is 11.7. The topological polar surface area (TPSA) is 42.3 Å². The molecule has 0 radical (unpaired) electrons. The fourth-order valence-corrected chi connectivity index (χ4v) is 1.76. The summed E-state index contributed by atoms with van der Waals surface area (Å²) in [5, 5.41) is 7.52. The Kier molecular flexibility index (Phi) is 5.37. The van der Waals surface area contributed by atoms with Gasteiger partial charge in [-0.1, -0.05) is 6.08 Å². The average Bonchev–Trinajstić information content (AvgIpc) is 2.32. The fourth-order valence-electron chi connectivity index (χ4n) is 1.76. The number of hydrogen-bond donors (Lipinski definition) is 1. The summed E-state index contributed by atoms with van der Waals surface area (Å²) in [7, 11) is 1.64. The van der Waals surface area contributed by atoms with Crippen LogP contribution in [0.2, 0.25) is 0 Å². The molecule has 0 amide bonds. The molecule has 0 aliphatic carbocycles. The molecule has 1 aromatic carbocycles. The van der Waals surface area contributed by atoms with Crippen LogP contribution in [0, 0.1) is 19.3 Å². The first-order valence-electron chi connectivity index (χ1n) is 6.20. The van der Waals surface area contributed by atoms with Crippen molar-refractivity contribution in [3.05, 3.63) is 47.2 Å². The lowest BCUT2D eigenvalue weighted by Gasteiger charge is -2.13. The Morgan fingerprint density at radius 3 is 2.32 bits per heavy atom. The van der Waals surface area contributed by atoms with Crippen LogP contribution in [0.5, 0.6) is 11.5 Å². The smallest absolute Gasteiger partial charge is 0.134 e. The summed E-state index contributed by atoms with van der Waals surface area (Å²) in [4.78, 5) is 0. The highest BCUT2D eigenvalue weighted by atomic mass is 16.5. The van der Waals surface area contributed by atoms with Gasteiger partial charge in [-0.3, -0.25) is 0 Å². The highest BCUT2D eigenvalue weighted by Gasteiger charge is 2.07. The molecule has 1 rings (SSSR count). The van der Waals surface area contributed by atoms with Gasteiger partial charge in [0.25, 0.3) is 0 Å². The van der Waals surface area contributed by atoms with Crippen molar-refractivity contribution in [2.45, 2.75) is 27.7 Å². The highest BCUT2D eigenvalue weighted by Crippen LogP contribution is 2.29. The second-order valence-electron chi connectivity index (χ2n) is 4.42. The predicted octanol–water partition coefficient (Wildman–Crippen LogP) is 4.19. The minimum Gasteiger partial charge on any atom is -0.496 e. The molecular weight excluding hydrogens is 238 g/mol. The van der Waals surface area contributed by atoms with Gasteiger partial charge in [0.15, 0.2) is 0 Å². The van der Waals surface area contributed by atoms with Crippen LogP contribution in [0.3, 0.4) is 0 Å². The SMILES string of the molecule is C/C=C\C(=C/C(C)=N)Oc1cc(OC)c(C)cc1C. The molecule has 0 aromatic heterocycles. The molecule has 0 bridgehead atoms. The second-order valence-corrected chi connectivity index (χ2v) is 4.42. The summed E-state index contributed by atoms with van der Waals surface area (Å²) < 4.78 is 11.2. The van der Waals surface area contributed by atoms with Gasteiger partial charge in [0, 0.05) is 17.9 Å².